The lowest BCUT2D eigenvalue weighted by Crippen LogP contribution is -2.26. The van der Waals surface area contributed by atoms with Crippen molar-refractivity contribution in [3.05, 3.63) is 17.7 Å². The summed E-state index contributed by atoms with van der Waals surface area (Å²) < 4.78 is 13.3. The normalized spacial score (nSPS) is 20.1. The molecule has 1 fully saturated rings. The zero-order valence-electron chi connectivity index (χ0n) is 15.8. The van der Waals surface area contributed by atoms with Crippen LogP contribution in [0.3, 0.4) is 0 Å². The Labute approximate surface area is 175 Å². The van der Waals surface area contributed by atoms with Gasteiger partial charge in [0, 0.05) is 25.2 Å². The molecule has 0 bridgehead atoms. The molecule has 1 unspecified atom stereocenters. The van der Waals surface area contributed by atoms with E-state index in [0.717, 1.165) is 53.4 Å². The van der Waals surface area contributed by atoms with E-state index < -0.39 is 6.23 Å². The summed E-state index contributed by atoms with van der Waals surface area (Å²) in [4.78, 5) is 16.5. The van der Waals surface area contributed by atoms with Crippen LogP contribution in [0.15, 0.2) is 27.5 Å². The lowest BCUT2D eigenvalue weighted by Gasteiger charge is -2.29. The molecule has 0 radical (unpaired) electrons. The van der Waals surface area contributed by atoms with Gasteiger partial charge in [-0.2, -0.15) is 0 Å². The van der Waals surface area contributed by atoms with E-state index in [0.29, 0.717) is 35.0 Å². The third-order valence-electron chi connectivity index (χ3n) is 5.47. The molecule has 8 nitrogen and oxygen atoms in total. The SMILES string of the molecule is CSc1nc2c(c(N3CCCC3)n1)C(O)n1c(nc3cc4c(cc31)OCCO4)S2. The standard InChI is InChI=1S/C19H19N5O3S2/c1-28-18-21-15(23-4-2-3-5-23)14-16(22-18)29-19-20-10-8-12-13(27-7-6-26-12)9-11(10)24(19)17(14)25/h8-9,17,25H,2-7H2,1H3. The summed E-state index contributed by atoms with van der Waals surface area (Å²) in [6, 6.07) is 3.79. The van der Waals surface area contributed by atoms with Crippen molar-refractivity contribution in [1.82, 2.24) is 19.5 Å². The fourth-order valence-electron chi connectivity index (χ4n) is 4.12. The zero-order chi connectivity index (χ0) is 19.5. The van der Waals surface area contributed by atoms with E-state index in [2.05, 4.69) is 9.88 Å². The highest BCUT2D eigenvalue weighted by Gasteiger charge is 2.35. The topological polar surface area (TPSA) is 85.5 Å². The molecule has 3 aliphatic rings. The predicted octanol–water partition coefficient (Wildman–Crippen LogP) is 2.92. The summed E-state index contributed by atoms with van der Waals surface area (Å²) in [5.74, 6) is 2.21. The molecule has 0 aliphatic carbocycles. The van der Waals surface area contributed by atoms with Gasteiger partial charge in [0.2, 0.25) is 0 Å². The molecule has 0 saturated carbocycles. The van der Waals surface area contributed by atoms with E-state index in [1.54, 1.807) is 0 Å². The number of aliphatic hydroxyl groups excluding tert-OH is 1. The number of ether oxygens (including phenoxy) is 2. The second kappa shape index (κ2) is 6.68. The van der Waals surface area contributed by atoms with E-state index in [1.807, 2.05) is 23.0 Å². The summed E-state index contributed by atoms with van der Waals surface area (Å²) in [7, 11) is 0. The van der Waals surface area contributed by atoms with Crippen molar-refractivity contribution in [3.63, 3.8) is 0 Å². The van der Waals surface area contributed by atoms with Crippen LogP contribution in [0.25, 0.3) is 11.0 Å². The number of rotatable bonds is 2. The third-order valence-corrected chi connectivity index (χ3v) is 6.99. The van der Waals surface area contributed by atoms with Crippen LogP contribution in [0.5, 0.6) is 11.5 Å². The lowest BCUT2D eigenvalue weighted by molar-refractivity contribution is 0.134. The highest BCUT2D eigenvalue weighted by molar-refractivity contribution is 7.99. The first-order valence-electron chi connectivity index (χ1n) is 9.61. The number of fused-ring (bicyclic) bond motifs is 5. The number of aromatic nitrogens is 4. The predicted molar refractivity (Wildman–Crippen MR) is 110 cm³/mol. The van der Waals surface area contributed by atoms with Crippen molar-refractivity contribution in [2.24, 2.45) is 0 Å². The highest BCUT2D eigenvalue weighted by atomic mass is 32.2. The maximum Gasteiger partial charge on any atom is 0.190 e. The molecule has 0 spiro atoms. The van der Waals surface area contributed by atoms with E-state index in [9.17, 15) is 5.11 Å². The van der Waals surface area contributed by atoms with Crippen LogP contribution in [-0.2, 0) is 0 Å². The van der Waals surface area contributed by atoms with Gasteiger partial charge in [-0.05, 0) is 30.9 Å². The Balaban J connectivity index is 1.54. The zero-order valence-corrected chi connectivity index (χ0v) is 17.4. The lowest BCUT2D eigenvalue weighted by atomic mass is 10.2. The van der Waals surface area contributed by atoms with Gasteiger partial charge in [0.1, 0.15) is 24.1 Å². The van der Waals surface area contributed by atoms with Crippen molar-refractivity contribution >= 4 is 40.4 Å². The molecular formula is C19H19N5O3S2. The second-order valence-electron chi connectivity index (χ2n) is 7.17. The third kappa shape index (κ3) is 2.69. The van der Waals surface area contributed by atoms with Crippen LogP contribution in [0.2, 0.25) is 0 Å². The Bertz CT molecular complexity index is 1130. The molecule has 5 heterocycles. The first-order chi connectivity index (χ1) is 14.2. The van der Waals surface area contributed by atoms with Gasteiger partial charge in [-0.3, -0.25) is 4.57 Å². The summed E-state index contributed by atoms with van der Waals surface area (Å²) >= 11 is 2.99. The van der Waals surface area contributed by atoms with Gasteiger partial charge in [-0.25, -0.2) is 15.0 Å². The van der Waals surface area contributed by atoms with E-state index in [-0.39, 0.29) is 0 Å². The number of hydrogen-bond acceptors (Lipinski definition) is 9. The molecule has 1 atom stereocenters. The van der Waals surface area contributed by atoms with Crippen LogP contribution in [0.1, 0.15) is 24.6 Å². The van der Waals surface area contributed by atoms with Gasteiger partial charge >= 0.3 is 0 Å². The molecule has 3 aromatic rings. The number of nitrogens with zero attached hydrogens (tertiary/aromatic N) is 5. The quantitative estimate of drug-likeness (QED) is 0.375. The van der Waals surface area contributed by atoms with Crippen LogP contribution in [-0.4, -0.2) is 57.2 Å². The Kier molecular flexibility index (Phi) is 4.07. The summed E-state index contributed by atoms with van der Waals surface area (Å²) in [6.45, 7) is 2.95. The monoisotopic (exact) mass is 429 g/mol. The van der Waals surface area contributed by atoms with Crippen LogP contribution < -0.4 is 14.4 Å². The second-order valence-corrected chi connectivity index (χ2v) is 8.90. The van der Waals surface area contributed by atoms with E-state index in [4.69, 9.17) is 19.4 Å². The minimum Gasteiger partial charge on any atom is -0.486 e. The number of imidazole rings is 1. The molecule has 150 valence electrons. The van der Waals surface area contributed by atoms with E-state index in [1.165, 1.54) is 23.5 Å². The highest BCUT2D eigenvalue weighted by Crippen LogP contribution is 2.47. The largest absolute Gasteiger partial charge is 0.486 e. The van der Waals surface area contributed by atoms with Crippen LogP contribution >= 0.6 is 23.5 Å². The van der Waals surface area contributed by atoms with Crippen LogP contribution in [0.4, 0.5) is 5.82 Å². The minimum absolute atomic E-state index is 0.518. The number of benzene rings is 1. The molecular weight excluding hydrogens is 410 g/mol. The Hall–Kier alpha value is -2.17. The first kappa shape index (κ1) is 17.7. The first-order valence-corrected chi connectivity index (χ1v) is 11.7. The fraction of sp³-hybridized carbons (Fsp3) is 0.421. The van der Waals surface area contributed by atoms with Crippen molar-refractivity contribution < 1.29 is 14.6 Å². The number of anilines is 1. The van der Waals surface area contributed by atoms with Crippen molar-refractivity contribution in [3.8, 4) is 11.5 Å². The molecule has 2 aromatic heterocycles. The van der Waals surface area contributed by atoms with Gasteiger partial charge < -0.3 is 19.5 Å². The Morgan fingerprint density at radius 3 is 2.62 bits per heavy atom. The average Bonchev–Trinajstić information content (AvgIpc) is 3.39. The summed E-state index contributed by atoms with van der Waals surface area (Å²) in [6.07, 6.45) is 3.35. The number of aliphatic hydroxyl groups is 1. The minimum atomic E-state index is -0.902. The number of hydrogen-bond donors (Lipinski definition) is 1. The van der Waals surface area contributed by atoms with Crippen molar-refractivity contribution in [2.75, 3.05) is 37.5 Å². The van der Waals surface area contributed by atoms with Crippen molar-refractivity contribution in [2.45, 2.75) is 34.4 Å². The maximum atomic E-state index is 11.4. The summed E-state index contributed by atoms with van der Waals surface area (Å²) in [5.41, 5.74) is 2.34. The summed E-state index contributed by atoms with van der Waals surface area (Å²) in [5, 5.41) is 13.6. The van der Waals surface area contributed by atoms with Gasteiger partial charge in [-0.15, -0.1) is 0 Å². The molecule has 1 saturated heterocycles. The van der Waals surface area contributed by atoms with E-state index >= 15 is 0 Å². The molecule has 10 heteroatoms. The van der Waals surface area contributed by atoms with Crippen molar-refractivity contribution in [1.29, 1.82) is 0 Å². The molecule has 3 aliphatic heterocycles. The molecule has 0 amide bonds. The number of thioether (sulfide) groups is 1. The molecule has 1 aromatic carbocycles. The van der Waals surface area contributed by atoms with Gasteiger partial charge in [-0.1, -0.05) is 11.8 Å². The smallest absolute Gasteiger partial charge is 0.190 e. The van der Waals surface area contributed by atoms with Gasteiger partial charge in [0.25, 0.3) is 0 Å². The molecule has 29 heavy (non-hydrogen) atoms. The average molecular weight is 430 g/mol. The Morgan fingerprint density at radius 2 is 1.86 bits per heavy atom. The Morgan fingerprint density at radius 1 is 1.10 bits per heavy atom. The molecule has 6 rings (SSSR count). The van der Waals surface area contributed by atoms with Gasteiger partial charge in [0.05, 0.1) is 16.6 Å². The fourth-order valence-corrected chi connectivity index (χ4v) is 5.59. The van der Waals surface area contributed by atoms with Crippen LogP contribution in [0, 0.1) is 0 Å². The van der Waals surface area contributed by atoms with Gasteiger partial charge in [0.15, 0.2) is 28.0 Å². The molecule has 1 N–H and O–H groups in total. The maximum absolute atomic E-state index is 11.4.